The minimum absolute atomic E-state index is 0.488. The number of benzene rings is 1. The van der Waals surface area contributed by atoms with Crippen molar-refractivity contribution in [3.63, 3.8) is 0 Å². The van der Waals surface area contributed by atoms with Crippen molar-refractivity contribution in [1.29, 1.82) is 0 Å². The van der Waals surface area contributed by atoms with E-state index in [0.717, 1.165) is 24.3 Å². The zero-order chi connectivity index (χ0) is 13.1. The number of aryl methyl sites for hydroxylation is 1. The second kappa shape index (κ2) is 5.38. The Labute approximate surface area is 109 Å². The van der Waals surface area contributed by atoms with Gasteiger partial charge < -0.3 is 5.32 Å². The number of nitrogens with one attached hydrogen (secondary N) is 1. The van der Waals surface area contributed by atoms with E-state index in [0.29, 0.717) is 5.92 Å². The van der Waals surface area contributed by atoms with E-state index in [1.807, 2.05) is 0 Å². The molecular weight excluding hydrogens is 220 g/mol. The molecule has 96 valence electrons. The molecule has 0 saturated heterocycles. The highest BCUT2D eigenvalue weighted by molar-refractivity contribution is 5.82. The number of rotatable bonds is 4. The first-order chi connectivity index (χ1) is 8.61. The minimum atomic E-state index is 0.488. The molecule has 2 nitrogen and oxygen atoms in total. The minimum Gasteiger partial charge on any atom is -0.370 e. The van der Waals surface area contributed by atoms with Crippen molar-refractivity contribution in [1.82, 2.24) is 4.98 Å². The molecule has 2 heteroatoms. The molecule has 0 aliphatic carbocycles. The highest BCUT2D eigenvalue weighted by atomic mass is 15.0. The Morgan fingerprint density at radius 2 is 2.00 bits per heavy atom. The van der Waals surface area contributed by atoms with Gasteiger partial charge in [-0.15, -0.1) is 0 Å². The summed E-state index contributed by atoms with van der Waals surface area (Å²) in [6.07, 6.45) is 1.12. The molecule has 0 aliphatic heterocycles. The SMILES string of the molecule is CCCNc1nc2ccc(C)cc2cc1C(C)C. The lowest BCUT2D eigenvalue weighted by Gasteiger charge is -2.15. The summed E-state index contributed by atoms with van der Waals surface area (Å²) in [7, 11) is 0. The number of anilines is 1. The number of aromatic nitrogens is 1. The van der Waals surface area contributed by atoms with Gasteiger partial charge in [-0.3, -0.25) is 0 Å². The molecule has 0 unspecified atom stereocenters. The van der Waals surface area contributed by atoms with Crippen LogP contribution in [0.1, 0.15) is 44.2 Å². The Kier molecular flexibility index (Phi) is 3.85. The molecule has 2 rings (SSSR count). The van der Waals surface area contributed by atoms with Gasteiger partial charge in [-0.2, -0.15) is 0 Å². The average Bonchev–Trinajstić information content (AvgIpc) is 2.35. The van der Waals surface area contributed by atoms with Crippen molar-refractivity contribution >= 4 is 16.7 Å². The van der Waals surface area contributed by atoms with Crippen LogP contribution in [0.4, 0.5) is 5.82 Å². The average molecular weight is 242 g/mol. The lowest BCUT2D eigenvalue weighted by atomic mass is 10.0. The number of hydrogen-bond acceptors (Lipinski definition) is 2. The molecule has 0 fully saturated rings. The number of fused-ring (bicyclic) bond motifs is 1. The van der Waals surface area contributed by atoms with E-state index in [-0.39, 0.29) is 0 Å². The number of nitrogens with zero attached hydrogens (tertiary/aromatic N) is 1. The second-order valence-corrected chi connectivity index (χ2v) is 5.20. The molecule has 0 radical (unpaired) electrons. The van der Waals surface area contributed by atoms with Crippen LogP contribution in [-0.4, -0.2) is 11.5 Å². The molecule has 1 heterocycles. The first kappa shape index (κ1) is 12.9. The van der Waals surface area contributed by atoms with Crippen LogP contribution in [0.3, 0.4) is 0 Å². The van der Waals surface area contributed by atoms with Crippen LogP contribution in [0.2, 0.25) is 0 Å². The Morgan fingerprint density at radius 1 is 1.22 bits per heavy atom. The molecule has 1 aromatic heterocycles. The molecule has 0 amide bonds. The summed E-state index contributed by atoms with van der Waals surface area (Å²) in [6, 6.07) is 8.70. The van der Waals surface area contributed by atoms with Crippen LogP contribution < -0.4 is 5.32 Å². The van der Waals surface area contributed by atoms with Gasteiger partial charge in [0.1, 0.15) is 5.82 Å². The summed E-state index contributed by atoms with van der Waals surface area (Å²) in [5.41, 5.74) is 3.67. The van der Waals surface area contributed by atoms with Crippen molar-refractivity contribution in [2.45, 2.75) is 40.0 Å². The van der Waals surface area contributed by atoms with Gasteiger partial charge in [0, 0.05) is 11.9 Å². The summed E-state index contributed by atoms with van der Waals surface area (Å²) >= 11 is 0. The normalized spacial score (nSPS) is 11.2. The van der Waals surface area contributed by atoms with Gasteiger partial charge in [-0.1, -0.05) is 32.4 Å². The molecule has 0 aliphatic rings. The van der Waals surface area contributed by atoms with Gasteiger partial charge in [-0.25, -0.2) is 4.98 Å². The predicted molar refractivity (Wildman–Crippen MR) is 79.3 cm³/mol. The van der Waals surface area contributed by atoms with Crippen molar-refractivity contribution < 1.29 is 0 Å². The fourth-order valence-electron chi connectivity index (χ4n) is 2.14. The third-order valence-corrected chi connectivity index (χ3v) is 3.16. The molecule has 0 spiro atoms. The van der Waals surface area contributed by atoms with Crippen molar-refractivity contribution in [3.8, 4) is 0 Å². The lowest BCUT2D eigenvalue weighted by molar-refractivity contribution is 0.856. The maximum Gasteiger partial charge on any atom is 0.130 e. The Bertz CT molecular complexity index is 544. The third-order valence-electron chi connectivity index (χ3n) is 3.16. The monoisotopic (exact) mass is 242 g/mol. The molecule has 1 N–H and O–H groups in total. The number of hydrogen-bond donors (Lipinski definition) is 1. The molecule has 0 saturated carbocycles. The first-order valence-corrected chi connectivity index (χ1v) is 6.77. The second-order valence-electron chi connectivity index (χ2n) is 5.20. The molecule has 1 aromatic carbocycles. The van der Waals surface area contributed by atoms with Gasteiger partial charge in [0.05, 0.1) is 5.52 Å². The molecule has 2 aromatic rings. The summed E-state index contributed by atoms with van der Waals surface area (Å²) < 4.78 is 0. The standard InChI is InChI=1S/C16H22N2/c1-5-8-17-16-14(11(2)3)10-13-9-12(4)6-7-15(13)18-16/h6-7,9-11H,5,8H2,1-4H3,(H,17,18). The predicted octanol–water partition coefficient (Wildman–Crippen LogP) is 4.49. The fourth-order valence-corrected chi connectivity index (χ4v) is 2.14. The largest absolute Gasteiger partial charge is 0.370 e. The van der Waals surface area contributed by atoms with E-state index >= 15 is 0 Å². The topological polar surface area (TPSA) is 24.9 Å². The highest BCUT2D eigenvalue weighted by Crippen LogP contribution is 2.27. The van der Waals surface area contributed by atoms with E-state index in [9.17, 15) is 0 Å². The first-order valence-electron chi connectivity index (χ1n) is 6.77. The van der Waals surface area contributed by atoms with Gasteiger partial charge in [0.15, 0.2) is 0 Å². The summed E-state index contributed by atoms with van der Waals surface area (Å²) in [6.45, 7) is 9.71. The highest BCUT2D eigenvalue weighted by Gasteiger charge is 2.09. The van der Waals surface area contributed by atoms with Gasteiger partial charge in [0.25, 0.3) is 0 Å². The third kappa shape index (κ3) is 2.63. The Balaban J connectivity index is 2.53. The zero-order valence-electron chi connectivity index (χ0n) is 11.7. The van der Waals surface area contributed by atoms with Gasteiger partial charge in [0.2, 0.25) is 0 Å². The Morgan fingerprint density at radius 3 is 2.67 bits per heavy atom. The van der Waals surface area contributed by atoms with Gasteiger partial charge >= 0.3 is 0 Å². The molecule has 0 atom stereocenters. The smallest absolute Gasteiger partial charge is 0.130 e. The van der Waals surface area contributed by atoms with Crippen molar-refractivity contribution in [2.75, 3.05) is 11.9 Å². The maximum atomic E-state index is 4.76. The summed E-state index contributed by atoms with van der Waals surface area (Å²) in [5.74, 6) is 1.53. The van der Waals surface area contributed by atoms with E-state index < -0.39 is 0 Å². The van der Waals surface area contributed by atoms with Crippen LogP contribution in [0.15, 0.2) is 24.3 Å². The van der Waals surface area contributed by atoms with Crippen LogP contribution in [-0.2, 0) is 0 Å². The maximum absolute atomic E-state index is 4.76. The van der Waals surface area contributed by atoms with Crippen molar-refractivity contribution in [2.24, 2.45) is 0 Å². The molecular formula is C16H22N2. The van der Waals surface area contributed by atoms with Crippen LogP contribution in [0.25, 0.3) is 10.9 Å². The van der Waals surface area contributed by atoms with Gasteiger partial charge in [-0.05, 0) is 43.0 Å². The molecule has 0 bridgehead atoms. The van der Waals surface area contributed by atoms with E-state index in [1.54, 1.807) is 0 Å². The zero-order valence-corrected chi connectivity index (χ0v) is 11.7. The van der Waals surface area contributed by atoms with E-state index in [2.05, 4.69) is 57.3 Å². The lowest BCUT2D eigenvalue weighted by Crippen LogP contribution is -2.06. The summed E-state index contributed by atoms with van der Waals surface area (Å²) in [4.78, 5) is 4.76. The van der Waals surface area contributed by atoms with Crippen molar-refractivity contribution in [3.05, 3.63) is 35.4 Å². The quantitative estimate of drug-likeness (QED) is 0.854. The van der Waals surface area contributed by atoms with E-state index in [1.165, 1.54) is 16.5 Å². The van der Waals surface area contributed by atoms with Crippen LogP contribution in [0, 0.1) is 6.92 Å². The van der Waals surface area contributed by atoms with Crippen LogP contribution in [0.5, 0.6) is 0 Å². The number of pyridine rings is 1. The van der Waals surface area contributed by atoms with E-state index in [4.69, 9.17) is 4.98 Å². The fraction of sp³-hybridized carbons (Fsp3) is 0.438. The van der Waals surface area contributed by atoms with Crippen LogP contribution >= 0.6 is 0 Å². The Hall–Kier alpha value is -1.57. The molecule has 18 heavy (non-hydrogen) atoms. The summed E-state index contributed by atoms with van der Waals surface area (Å²) in [5, 5.41) is 4.68.